The molecule has 4 nitrogen and oxygen atoms in total. The van der Waals surface area contributed by atoms with E-state index in [9.17, 15) is 4.79 Å². The summed E-state index contributed by atoms with van der Waals surface area (Å²) < 4.78 is 0. The van der Waals surface area contributed by atoms with Crippen molar-refractivity contribution in [1.82, 2.24) is 4.90 Å². The van der Waals surface area contributed by atoms with Gasteiger partial charge in [-0.25, -0.2) is 0 Å². The second-order valence-electron chi connectivity index (χ2n) is 6.82. The molecule has 22 heavy (non-hydrogen) atoms. The zero-order chi connectivity index (χ0) is 16.3. The Kier molecular flexibility index (Phi) is 5.59. The number of hydrogen-bond acceptors (Lipinski definition) is 3. The number of anilines is 1. The highest BCUT2D eigenvalue weighted by atomic mass is 16.2. The minimum absolute atomic E-state index is 0.0698. The fourth-order valence-corrected chi connectivity index (χ4v) is 3.42. The second kappa shape index (κ2) is 7.25. The molecule has 2 atom stereocenters. The highest BCUT2D eigenvalue weighted by molar-refractivity contribution is 5.93. The van der Waals surface area contributed by atoms with Crippen LogP contribution >= 0.6 is 0 Å². The van der Waals surface area contributed by atoms with Gasteiger partial charge in [-0.1, -0.05) is 17.7 Å². The molecular formula is C18H29N3O. The van der Waals surface area contributed by atoms with Gasteiger partial charge < -0.3 is 11.1 Å². The number of nitrogens with two attached hydrogens (primary N) is 1. The van der Waals surface area contributed by atoms with E-state index in [0.29, 0.717) is 12.5 Å². The van der Waals surface area contributed by atoms with Crippen LogP contribution < -0.4 is 11.1 Å². The largest absolute Gasteiger partial charge is 0.328 e. The average molecular weight is 303 g/mol. The summed E-state index contributed by atoms with van der Waals surface area (Å²) in [5.74, 6) is 0.574. The third-order valence-corrected chi connectivity index (χ3v) is 4.59. The lowest BCUT2D eigenvalue weighted by Crippen LogP contribution is -2.45. The van der Waals surface area contributed by atoms with Crippen LogP contribution in [0.25, 0.3) is 0 Å². The lowest BCUT2D eigenvalue weighted by molar-refractivity contribution is -0.117. The number of piperidine rings is 1. The Balaban J connectivity index is 1.96. The summed E-state index contributed by atoms with van der Waals surface area (Å²) in [7, 11) is 0. The van der Waals surface area contributed by atoms with Crippen LogP contribution in [0.3, 0.4) is 0 Å². The lowest BCUT2D eigenvalue weighted by atomic mass is 9.92. The van der Waals surface area contributed by atoms with Crippen molar-refractivity contribution in [1.29, 1.82) is 0 Å². The molecule has 3 N–H and O–H groups in total. The Bertz CT molecular complexity index is 516. The number of rotatable bonds is 4. The van der Waals surface area contributed by atoms with Crippen LogP contribution in [0.1, 0.15) is 36.5 Å². The van der Waals surface area contributed by atoms with Crippen LogP contribution in [0.15, 0.2) is 12.1 Å². The normalized spacial score (nSPS) is 20.7. The Morgan fingerprint density at radius 3 is 2.59 bits per heavy atom. The van der Waals surface area contributed by atoms with Gasteiger partial charge in [0.25, 0.3) is 0 Å². The summed E-state index contributed by atoms with van der Waals surface area (Å²) in [5, 5.41) is 3.09. The van der Waals surface area contributed by atoms with Gasteiger partial charge in [-0.3, -0.25) is 9.69 Å². The fraction of sp³-hybridized carbons (Fsp3) is 0.611. The first kappa shape index (κ1) is 17.0. The molecule has 1 aromatic rings. The van der Waals surface area contributed by atoms with Crippen molar-refractivity contribution in [2.24, 2.45) is 11.7 Å². The smallest absolute Gasteiger partial charge is 0.238 e. The molecule has 4 heteroatoms. The van der Waals surface area contributed by atoms with Crippen molar-refractivity contribution in [2.45, 2.75) is 46.6 Å². The van der Waals surface area contributed by atoms with E-state index >= 15 is 0 Å². The predicted octanol–water partition coefficient (Wildman–Crippen LogP) is 2.61. The lowest BCUT2D eigenvalue weighted by Gasteiger charge is -2.34. The number of nitrogens with one attached hydrogen (secondary N) is 1. The van der Waals surface area contributed by atoms with Crippen molar-refractivity contribution >= 4 is 11.6 Å². The SMILES string of the molecule is Cc1cc(C)c(NC(=O)CN2CCCC(C(C)N)C2)c(C)c1. The summed E-state index contributed by atoms with van der Waals surface area (Å²) >= 11 is 0. The van der Waals surface area contributed by atoms with Gasteiger partial charge in [-0.2, -0.15) is 0 Å². The number of carbonyl (C=O) groups excluding carboxylic acids is 1. The Hall–Kier alpha value is -1.39. The minimum Gasteiger partial charge on any atom is -0.328 e. The van der Waals surface area contributed by atoms with Gasteiger partial charge in [-0.05, 0) is 64.1 Å². The molecule has 0 spiro atoms. The number of amides is 1. The molecule has 1 fully saturated rings. The van der Waals surface area contributed by atoms with E-state index in [1.165, 1.54) is 12.0 Å². The average Bonchev–Trinajstić information content (AvgIpc) is 2.43. The molecule has 0 aromatic heterocycles. The van der Waals surface area contributed by atoms with E-state index < -0.39 is 0 Å². The zero-order valence-electron chi connectivity index (χ0n) is 14.3. The third-order valence-electron chi connectivity index (χ3n) is 4.59. The summed E-state index contributed by atoms with van der Waals surface area (Å²) in [6, 6.07) is 4.41. The van der Waals surface area contributed by atoms with Crippen LogP contribution in [-0.2, 0) is 4.79 Å². The Labute approximate surface area is 134 Å². The maximum Gasteiger partial charge on any atom is 0.238 e. The summed E-state index contributed by atoms with van der Waals surface area (Å²) in [6.45, 7) is 10.6. The number of nitrogens with zero attached hydrogens (tertiary/aromatic N) is 1. The van der Waals surface area contributed by atoms with Crippen LogP contribution in [0.2, 0.25) is 0 Å². The molecule has 1 aliphatic rings. The Morgan fingerprint density at radius 2 is 2.00 bits per heavy atom. The maximum absolute atomic E-state index is 12.4. The molecule has 0 bridgehead atoms. The van der Waals surface area contributed by atoms with E-state index in [4.69, 9.17) is 5.73 Å². The number of likely N-dealkylation sites (tertiary alicyclic amines) is 1. The summed E-state index contributed by atoms with van der Waals surface area (Å²) in [6.07, 6.45) is 2.30. The first-order valence-corrected chi connectivity index (χ1v) is 8.22. The third kappa shape index (κ3) is 4.31. The maximum atomic E-state index is 12.4. The topological polar surface area (TPSA) is 58.4 Å². The molecule has 0 saturated carbocycles. The van der Waals surface area contributed by atoms with E-state index in [2.05, 4.69) is 36.2 Å². The van der Waals surface area contributed by atoms with Crippen LogP contribution in [0.4, 0.5) is 5.69 Å². The molecule has 1 amide bonds. The van der Waals surface area contributed by atoms with Crippen LogP contribution in [0.5, 0.6) is 0 Å². The number of hydrogen-bond donors (Lipinski definition) is 2. The molecule has 1 aromatic carbocycles. The van der Waals surface area contributed by atoms with E-state index in [1.54, 1.807) is 0 Å². The van der Waals surface area contributed by atoms with Gasteiger partial charge in [0.1, 0.15) is 0 Å². The Morgan fingerprint density at radius 1 is 1.36 bits per heavy atom. The first-order valence-electron chi connectivity index (χ1n) is 8.22. The number of benzene rings is 1. The van der Waals surface area contributed by atoms with E-state index in [1.807, 2.05) is 13.8 Å². The summed E-state index contributed by atoms with van der Waals surface area (Å²) in [5.41, 5.74) is 10.4. The monoisotopic (exact) mass is 303 g/mol. The van der Waals surface area contributed by atoms with Crippen LogP contribution in [-0.4, -0.2) is 36.5 Å². The quantitative estimate of drug-likeness (QED) is 0.899. The zero-order valence-corrected chi connectivity index (χ0v) is 14.3. The predicted molar refractivity (Wildman–Crippen MR) is 92.1 cm³/mol. The molecule has 122 valence electrons. The molecule has 1 aliphatic heterocycles. The van der Waals surface area contributed by atoms with Crippen molar-refractivity contribution in [2.75, 3.05) is 25.0 Å². The standard InChI is InChI=1S/C18H29N3O/c1-12-8-13(2)18(14(3)9-12)20-17(22)11-21-7-5-6-16(10-21)15(4)19/h8-9,15-16H,5-7,10-11,19H2,1-4H3,(H,20,22). The minimum atomic E-state index is 0.0698. The molecule has 0 radical (unpaired) electrons. The van der Waals surface area contributed by atoms with Crippen LogP contribution in [0, 0.1) is 26.7 Å². The second-order valence-corrected chi connectivity index (χ2v) is 6.82. The van der Waals surface area contributed by atoms with Crippen molar-refractivity contribution < 1.29 is 4.79 Å². The fourth-order valence-electron chi connectivity index (χ4n) is 3.42. The van der Waals surface area contributed by atoms with Gasteiger partial charge in [0.15, 0.2) is 0 Å². The highest BCUT2D eigenvalue weighted by Gasteiger charge is 2.24. The van der Waals surface area contributed by atoms with E-state index in [0.717, 1.165) is 36.3 Å². The van der Waals surface area contributed by atoms with Gasteiger partial charge >= 0.3 is 0 Å². The van der Waals surface area contributed by atoms with Crippen molar-refractivity contribution in [3.8, 4) is 0 Å². The molecule has 1 saturated heterocycles. The van der Waals surface area contributed by atoms with Crippen molar-refractivity contribution in [3.05, 3.63) is 28.8 Å². The first-order chi connectivity index (χ1) is 10.4. The van der Waals surface area contributed by atoms with Crippen molar-refractivity contribution in [3.63, 3.8) is 0 Å². The van der Waals surface area contributed by atoms with Gasteiger partial charge in [-0.15, -0.1) is 0 Å². The number of aryl methyl sites for hydroxylation is 3. The van der Waals surface area contributed by atoms with Gasteiger partial charge in [0.05, 0.1) is 6.54 Å². The number of carbonyl (C=O) groups is 1. The molecule has 2 unspecified atom stereocenters. The highest BCUT2D eigenvalue weighted by Crippen LogP contribution is 2.22. The summed E-state index contributed by atoms with van der Waals surface area (Å²) in [4.78, 5) is 14.6. The van der Waals surface area contributed by atoms with E-state index in [-0.39, 0.29) is 11.9 Å². The molecule has 0 aliphatic carbocycles. The molecule has 2 rings (SSSR count). The molecule has 1 heterocycles. The van der Waals surface area contributed by atoms with Gasteiger partial charge in [0, 0.05) is 18.3 Å². The van der Waals surface area contributed by atoms with Gasteiger partial charge in [0.2, 0.25) is 5.91 Å². The molecular weight excluding hydrogens is 274 g/mol.